The van der Waals surface area contributed by atoms with Crippen LogP contribution < -0.4 is 0 Å². The van der Waals surface area contributed by atoms with Crippen LogP contribution in [0, 0.1) is 0 Å². The van der Waals surface area contributed by atoms with Crippen molar-refractivity contribution >= 4 is 0 Å². The van der Waals surface area contributed by atoms with Gasteiger partial charge in [0.2, 0.25) is 0 Å². The molecule has 5 heterocycles. The van der Waals surface area contributed by atoms with Crippen LogP contribution in [0.15, 0.2) is 0 Å². The molecule has 0 saturated carbocycles. The van der Waals surface area contributed by atoms with E-state index >= 15 is 0 Å². The summed E-state index contributed by atoms with van der Waals surface area (Å²) in [6.07, 6.45) is 10.6. The number of hydrogen-bond donors (Lipinski definition) is 2. The largest absolute Gasteiger partial charge is 0.390 e. The Morgan fingerprint density at radius 1 is 0.568 bits per heavy atom. The third-order valence-corrected chi connectivity index (χ3v) is 10.4. The van der Waals surface area contributed by atoms with E-state index in [0.29, 0.717) is 30.8 Å². The van der Waals surface area contributed by atoms with E-state index in [1.165, 1.54) is 0 Å². The molecule has 0 spiro atoms. The van der Waals surface area contributed by atoms with Crippen LogP contribution in [0.4, 0.5) is 0 Å². The Hall–Kier alpha value is -0.280. The van der Waals surface area contributed by atoms with Gasteiger partial charge in [-0.15, -0.1) is 0 Å². The molecule has 0 aliphatic carbocycles. The predicted octanol–water partition coefficient (Wildman–Crippen LogP) is 4.83. The number of aliphatic hydroxyl groups is 2. The Morgan fingerprint density at radius 2 is 0.892 bits per heavy atom. The summed E-state index contributed by atoms with van der Waals surface area (Å²) in [6, 6.07) is 0. The summed E-state index contributed by atoms with van der Waals surface area (Å²) >= 11 is 0. The van der Waals surface area contributed by atoms with E-state index in [4.69, 9.17) is 23.7 Å². The highest BCUT2D eigenvalue weighted by Gasteiger charge is 2.60. The standard InChI is InChI=1S/C30H52O7/c1-25(2,32)19(31)11-15-27(5)23(36-27)13-17-28(6)21(34-28)9-10-22-29(7,35-22)18-14-24-30(8,37-24)16-12-20-26(3,4)33-20/h19-24,31-32H,9-18H2,1-8H3/t19-,20-,21+,22+,23+,24+,27+,28+,29+,30+/m0/s1. The molecule has 5 rings (SSSR count). The van der Waals surface area contributed by atoms with E-state index in [-0.39, 0.29) is 34.1 Å². The molecular formula is C30H52O7. The van der Waals surface area contributed by atoms with Gasteiger partial charge in [0.1, 0.15) is 0 Å². The van der Waals surface area contributed by atoms with Gasteiger partial charge < -0.3 is 33.9 Å². The maximum absolute atomic E-state index is 10.1. The average molecular weight is 525 g/mol. The quantitative estimate of drug-likeness (QED) is 0.279. The first kappa shape index (κ1) is 28.3. The third-order valence-electron chi connectivity index (χ3n) is 10.4. The van der Waals surface area contributed by atoms with Crippen molar-refractivity contribution < 1.29 is 33.9 Å². The third kappa shape index (κ3) is 6.39. The van der Waals surface area contributed by atoms with Gasteiger partial charge in [0, 0.05) is 0 Å². The number of aliphatic hydroxyl groups excluding tert-OH is 1. The van der Waals surface area contributed by atoms with Crippen molar-refractivity contribution in [1.29, 1.82) is 0 Å². The highest BCUT2D eigenvalue weighted by Crippen LogP contribution is 2.53. The molecule has 5 fully saturated rings. The molecule has 7 heteroatoms. The summed E-state index contributed by atoms with van der Waals surface area (Å²) in [6.45, 7) is 16.5. The molecule has 7 nitrogen and oxygen atoms in total. The van der Waals surface area contributed by atoms with Crippen LogP contribution in [0.2, 0.25) is 0 Å². The summed E-state index contributed by atoms with van der Waals surface area (Å²) in [5.74, 6) is 0. The Kier molecular flexibility index (Phi) is 6.96. The summed E-state index contributed by atoms with van der Waals surface area (Å²) in [4.78, 5) is 0. The minimum atomic E-state index is -1.07. The lowest BCUT2D eigenvalue weighted by atomic mass is 9.89. The topological polar surface area (TPSA) is 103 Å². The lowest BCUT2D eigenvalue weighted by Gasteiger charge is -2.25. The highest BCUT2D eigenvalue weighted by atomic mass is 16.6. The van der Waals surface area contributed by atoms with E-state index in [9.17, 15) is 10.2 Å². The highest BCUT2D eigenvalue weighted by molar-refractivity contribution is 5.08. The SMILES string of the molecule is CC(C)(O)[C@@H](O)CC[C@@]1(C)O[C@@H]1CC[C@@]1(C)O[C@@H]1CC[C@H]1O[C@]1(C)CC[C@H]1O[C@]1(C)CC[C@@H]1OC1(C)C. The molecule has 0 amide bonds. The summed E-state index contributed by atoms with van der Waals surface area (Å²) in [5.41, 5.74) is -1.20. The van der Waals surface area contributed by atoms with Gasteiger partial charge in [-0.05, 0) is 120 Å². The zero-order valence-corrected chi connectivity index (χ0v) is 24.5. The Morgan fingerprint density at radius 3 is 1.24 bits per heavy atom. The molecule has 0 aromatic heterocycles. The molecule has 10 atom stereocenters. The van der Waals surface area contributed by atoms with Crippen molar-refractivity contribution in [2.75, 3.05) is 0 Å². The molecule has 0 unspecified atom stereocenters. The van der Waals surface area contributed by atoms with Crippen LogP contribution in [-0.2, 0) is 23.7 Å². The molecular weight excluding hydrogens is 472 g/mol. The van der Waals surface area contributed by atoms with E-state index < -0.39 is 11.7 Å². The fourth-order valence-electron chi connectivity index (χ4n) is 6.57. The van der Waals surface area contributed by atoms with Crippen LogP contribution in [0.3, 0.4) is 0 Å². The monoisotopic (exact) mass is 524 g/mol. The maximum atomic E-state index is 10.1. The molecule has 0 aromatic carbocycles. The van der Waals surface area contributed by atoms with Gasteiger partial charge in [0.25, 0.3) is 0 Å². The number of hydrogen-bond acceptors (Lipinski definition) is 7. The van der Waals surface area contributed by atoms with Crippen molar-refractivity contribution in [3.05, 3.63) is 0 Å². The second-order valence-corrected chi connectivity index (χ2v) is 14.8. The van der Waals surface area contributed by atoms with Crippen molar-refractivity contribution in [2.45, 2.75) is 190 Å². The molecule has 5 aliphatic heterocycles. The van der Waals surface area contributed by atoms with Gasteiger partial charge in [-0.1, -0.05) is 0 Å². The minimum Gasteiger partial charge on any atom is -0.390 e. The van der Waals surface area contributed by atoms with Gasteiger partial charge >= 0.3 is 0 Å². The first-order chi connectivity index (χ1) is 17.0. The maximum Gasteiger partial charge on any atom is 0.0921 e. The first-order valence-electron chi connectivity index (χ1n) is 14.8. The molecule has 0 bridgehead atoms. The number of ether oxygens (including phenoxy) is 5. The molecule has 214 valence electrons. The molecule has 5 aliphatic rings. The summed E-state index contributed by atoms with van der Waals surface area (Å²) < 4.78 is 30.1. The number of rotatable bonds is 16. The Labute approximate surface area is 223 Å². The van der Waals surface area contributed by atoms with Gasteiger partial charge in [-0.2, -0.15) is 0 Å². The molecule has 0 radical (unpaired) electrons. The summed E-state index contributed by atoms with van der Waals surface area (Å²) in [5, 5.41) is 20.1. The molecule has 0 aromatic rings. The second kappa shape index (κ2) is 9.12. The molecule has 5 saturated heterocycles. The van der Waals surface area contributed by atoms with Crippen molar-refractivity contribution in [3.8, 4) is 0 Å². The van der Waals surface area contributed by atoms with Crippen LogP contribution in [0.1, 0.15) is 120 Å². The van der Waals surface area contributed by atoms with Crippen molar-refractivity contribution in [1.82, 2.24) is 0 Å². The Balaban J connectivity index is 0.932. The number of epoxide rings is 5. The van der Waals surface area contributed by atoms with Gasteiger partial charge in [-0.3, -0.25) is 0 Å². The fraction of sp³-hybridized carbons (Fsp3) is 1.00. The molecule has 37 heavy (non-hydrogen) atoms. The van der Waals surface area contributed by atoms with E-state index in [0.717, 1.165) is 57.8 Å². The van der Waals surface area contributed by atoms with Crippen molar-refractivity contribution in [3.63, 3.8) is 0 Å². The molecule has 2 N–H and O–H groups in total. The van der Waals surface area contributed by atoms with Crippen molar-refractivity contribution in [2.24, 2.45) is 0 Å². The van der Waals surface area contributed by atoms with Crippen LogP contribution in [0.25, 0.3) is 0 Å². The first-order valence-corrected chi connectivity index (χ1v) is 14.8. The smallest absolute Gasteiger partial charge is 0.0921 e. The average Bonchev–Trinajstić information content (AvgIpc) is 3.64. The van der Waals surface area contributed by atoms with Gasteiger partial charge in [0.15, 0.2) is 0 Å². The second-order valence-electron chi connectivity index (χ2n) is 14.8. The van der Waals surface area contributed by atoms with Crippen LogP contribution in [-0.4, -0.2) is 80.4 Å². The van der Waals surface area contributed by atoms with E-state index in [2.05, 4.69) is 41.5 Å². The Bertz CT molecular complexity index is 855. The fourth-order valence-corrected chi connectivity index (χ4v) is 6.57. The lowest BCUT2D eigenvalue weighted by molar-refractivity contribution is -0.0539. The van der Waals surface area contributed by atoms with Gasteiger partial charge in [-0.25, -0.2) is 0 Å². The summed E-state index contributed by atoms with van der Waals surface area (Å²) in [7, 11) is 0. The minimum absolute atomic E-state index is 0.00286. The van der Waals surface area contributed by atoms with Crippen LogP contribution >= 0.6 is 0 Å². The van der Waals surface area contributed by atoms with E-state index in [1.807, 2.05) is 0 Å². The normalized spacial score (nSPS) is 48.0. The zero-order chi connectivity index (χ0) is 27.1. The van der Waals surface area contributed by atoms with Crippen LogP contribution in [0.5, 0.6) is 0 Å². The van der Waals surface area contributed by atoms with Gasteiger partial charge in [0.05, 0.1) is 70.2 Å². The lowest BCUT2D eigenvalue weighted by Crippen LogP contribution is -2.36. The predicted molar refractivity (Wildman–Crippen MR) is 141 cm³/mol. The zero-order valence-electron chi connectivity index (χ0n) is 24.5. The van der Waals surface area contributed by atoms with E-state index in [1.54, 1.807) is 13.8 Å².